The average molecular weight is 688 g/mol. The first-order valence-corrected chi connectivity index (χ1v) is 20.9. The zero-order valence-electron chi connectivity index (χ0n) is 31.4. The molecule has 0 aliphatic rings. The quantitative estimate of drug-likeness (QED) is 0.124. The van der Waals surface area contributed by atoms with Gasteiger partial charge in [0.05, 0.1) is 0 Å². The average Bonchev–Trinajstić information content (AvgIpc) is 2.96. The standard InChI is InChI=1S/C42H66AsN3/c1-31(2)25-44(26-32(3)4)40-19-13-37(14-20-40)43(38-15-21-41(22-16-38)45(27-33(5)6)28-34(7)8)39-17-23-42(24-18-39)46(29-35(9)10)30-36(11)12/h13-24,31-36H,25-30H2,1-12H3. The van der Waals surface area contributed by atoms with Crippen LogP contribution < -0.4 is 27.8 Å². The number of benzene rings is 3. The summed E-state index contributed by atoms with van der Waals surface area (Å²) in [7, 11) is 0. The number of anilines is 3. The molecule has 0 fully saturated rings. The van der Waals surface area contributed by atoms with E-state index in [2.05, 4.69) is 171 Å². The van der Waals surface area contributed by atoms with Crippen molar-refractivity contribution in [2.45, 2.75) is 83.1 Å². The number of hydrogen-bond acceptors (Lipinski definition) is 3. The first-order chi connectivity index (χ1) is 21.7. The Bertz CT molecular complexity index is 1070. The zero-order chi connectivity index (χ0) is 34.0. The molecule has 0 saturated heterocycles. The number of rotatable bonds is 18. The fourth-order valence-electron chi connectivity index (χ4n) is 6.39. The predicted octanol–water partition coefficient (Wildman–Crippen LogP) is 8.56. The van der Waals surface area contributed by atoms with Crippen LogP contribution in [0.15, 0.2) is 72.8 Å². The van der Waals surface area contributed by atoms with Crippen LogP contribution in [0.25, 0.3) is 0 Å². The summed E-state index contributed by atoms with van der Waals surface area (Å²) in [6.07, 6.45) is 0. The molecule has 3 aromatic rings. The normalized spacial score (nSPS) is 12.1. The molecule has 3 nitrogen and oxygen atoms in total. The van der Waals surface area contributed by atoms with E-state index in [1.165, 1.54) is 30.1 Å². The van der Waals surface area contributed by atoms with Crippen LogP contribution in [-0.4, -0.2) is 53.9 Å². The van der Waals surface area contributed by atoms with Crippen LogP contribution in [0.5, 0.6) is 0 Å². The van der Waals surface area contributed by atoms with Gasteiger partial charge in [-0.1, -0.05) is 0 Å². The van der Waals surface area contributed by atoms with Gasteiger partial charge >= 0.3 is 290 Å². The van der Waals surface area contributed by atoms with Gasteiger partial charge in [0, 0.05) is 0 Å². The number of nitrogens with zero attached hydrogens (tertiary/aromatic N) is 3. The SMILES string of the molecule is CC(C)CN(CC(C)C)c1ccc([As](c2ccc(N(CC(C)C)CC(C)C)cc2)c2ccc(N(CC(C)C)CC(C)C)cc2)cc1. The molecule has 0 unspecified atom stereocenters. The molecular weight excluding hydrogens is 621 g/mol. The molecule has 254 valence electrons. The van der Waals surface area contributed by atoms with E-state index in [1.807, 2.05) is 0 Å². The topological polar surface area (TPSA) is 9.72 Å². The van der Waals surface area contributed by atoms with Crippen molar-refractivity contribution >= 4 is 44.8 Å². The monoisotopic (exact) mass is 687 g/mol. The molecule has 0 heterocycles. The van der Waals surface area contributed by atoms with Crippen molar-refractivity contribution in [2.75, 3.05) is 54.0 Å². The Morgan fingerprint density at radius 1 is 0.326 bits per heavy atom. The summed E-state index contributed by atoms with van der Waals surface area (Å²) in [6, 6.07) is 29.0. The Kier molecular flexibility index (Phi) is 15.1. The molecule has 0 saturated carbocycles. The number of hydrogen-bond donors (Lipinski definition) is 0. The van der Waals surface area contributed by atoms with Gasteiger partial charge in [0.1, 0.15) is 0 Å². The molecule has 0 N–H and O–H groups in total. The van der Waals surface area contributed by atoms with E-state index in [4.69, 9.17) is 0 Å². The summed E-state index contributed by atoms with van der Waals surface area (Å²) < 4.78 is 4.48. The van der Waals surface area contributed by atoms with Gasteiger partial charge in [-0.05, 0) is 0 Å². The Labute approximate surface area is 289 Å². The van der Waals surface area contributed by atoms with Crippen molar-refractivity contribution in [3.63, 3.8) is 0 Å². The summed E-state index contributed by atoms with van der Waals surface area (Å²) >= 11 is -1.79. The van der Waals surface area contributed by atoms with E-state index < -0.39 is 14.7 Å². The third kappa shape index (κ3) is 12.0. The van der Waals surface area contributed by atoms with Crippen LogP contribution in [-0.2, 0) is 0 Å². The molecule has 4 heteroatoms. The van der Waals surface area contributed by atoms with Gasteiger partial charge in [0.25, 0.3) is 0 Å². The molecular formula is C42H66AsN3. The fourth-order valence-corrected chi connectivity index (χ4v) is 11.1. The molecule has 0 radical (unpaired) electrons. The van der Waals surface area contributed by atoms with Crippen LogP contribution in [0, 0.1) is 35.5 Å². The van der Waals surface area contributed by atoms with E-state index in [0.29, 0.717) is 35.5 Å². The van der Waals surface area contributed by atoms with Crippen molar-refractivity contribution in [1.82, 2.24) is 0 Å². The van der Waals surface area contributed by atoms with E-state index in [-0.39, 0.29) is 0 Å². The van der Waals surface area contributed by atoms with Gasteiger partial charge in [-0.15, -0.1) is 0 Å². The van der Waals surface area contributed by atoms with Crippen LogP contribution >= 0.6 is 0 Å². The van der Waals surface area contributed by atoms with E-state index in [9.17, 15) is 0 Å². The Balaban J connectivity index is 2.05. The van der Waals surface area contributed by atoms with E-state index in [1.54, 1.807) is 0 Å². The predicted molar refractivity (Wildman–Crippen MR) is 210 cm³/mol. The second kappa shape index (κ2) is 18.2. The van der Waals surface area contributed by atoms with Gasteiger partial charge in [0.2, 0.25) is 0 Å². The summed E-state index contributed by atoms with van der Waals surface area (Å²) in [6.45, 7) is 34.4. The minimum absolute atomic E-state index is 0.634. The third-order valence-corrected chi connectivity index (χ3v) is 13.1. The molecule has 0 aliphatic carbocycles. The molecule has 0 aliphatic heterocycles. The second-order valence-electron chi connectivity index (χ2n) is 16.0. The van der Waals surface area contributed by atoms with Crippen molar-refractivity contribution in [3.8, 4) is 0 Å². The van der Waals surface area contributed by atoms with Crippen LogP contribution in [0.1, 0.15) is 83.1 Å². The maximum absolute atomic E-state index is 2.58. The zero-order valence-corrected chi connectivity index (χ0v) is 33.3. The summed E-state index contributed by atoms with van der Waals surface area (Å²) in [5.41, 5.74) is 4.05. The summed E-state index contributed by atoms with van der Waals surface area (Å²) in [4.78, 5) is 7.74. The van der Waals surface area contributed by atoms with Crippen molar-refractivity contribution < 1.29 is 0 Å². The van der Waals surface area contributed by atoms with Crippen LogP contribution in [0.3, 0.4) is 0 Å². The van der Waals surface area contributed by atoms with Gasteiger partial charge in [-0.25, -0.2) is 0 Å². The first kappa shape index (κ1) is 38.1. The second-order valence-corrected chi connectivity index (χ2v) is 20.6. The molecule has 3 rings (SSSR count). The van der Waals surface area contributed by atoms with Crippen LogP contribution in [0.4, 0.5) is 17.1 Å². The molecule has 0 bridgehead atoms. The van der Waals surface area contributed by atoms with Gasteiger partial charge in [-0.2, -0.15) is 0 Å². The van der Waals surface area contributed by atoms with Gasteiger partial charge in [-0.3, -0.25) is 0 Å². The summed E-state index contributed by atoms with van der Waals surface area (Å²) in [5, 5.41) is 0. The molecule has 0 amide bonds. The van der Waals surface area contributed by atoms with Crippen molar-refractivity contribution in [1.29, 1.82) is 0 Å². The maximum atomic E-state index is 2.58. The molecule has 0 atom stereocenters. The molecule has 3 aromatic carbocycles. The Morgan fingerprint density at radius 2 is 0.500 bits per heavy atom. The van der Waals surface area contributed by atoms with Crippen molar-refractivity contribution in [3.05, 3.63) is 72.8 Å². The molecule has 0 spiro atoms. The first-order valence-electron chi connectivity index (χ1n) is 18.1. The van der Waals surface area contributed by atoms with Crippen LogP contribution in [0.2, 0.25) is 0 Å². The van der Waals surface area contributed by atoms with E-state index in [0.717, 1.165) is 39.3 Å². The van der Waals surface area contributed by atoms with E-state index >= 15 is 0 Å². The van der Waals surface area contributed by atoms with Gasteiger partial charge < -0.3 is 0 Å². The van der Waals surface area contributed by atoms with Crippen molar-refractivity contribution in [2.24, 2.45) is 35.5 Å². The minimum atomic E-state index is -1.79. The molecule has 0 aromatic heterocycles. The molecule has 46 heavy (non-hydrogen) atoms. The Hall–Kier alpha value is -2.38. The fraction of sp³-hybridized carbons (Fsp3) is 0.571. The summed E-state index contributed by atoms with van der Waals surface area (Å²) in [5.74, 6) is 3.81. The Morgan fingerprint density at radius 3 is 0.652 bits per heavy atom. The van der Waals surface area contributed by atoms with Gasteiger partial charge in [0.15, 0.2) is 0 Å². The third-order valence-electron chi connectivity index (χ3n) is 7.93.